The highest BCUT2D eigenvalue weighted by Crippen LogP contribution is 2.14. The van der Waals surface area contributed by atoms with E-state index in [4.69, 9.17) is 19.7 Å². The number of hydrogen-bond acceptors (Lipinski definition) is 6. The van der Waals surface area contributed by atoms with Gasteiger partial charge in [-0.25, -0.2) is 9.59 Å². The van der Waals surface area contributed by atoms with Crippen LogP contribution in [0.4, 0.5) is 0 Å². The average molecular weight is 358 g/mol. The van der Waals surface area contributed by atoms with E-state index in [-0.39, 0.29) is 24.3 Å². The van der Waals surface area contributed by atoms with E-state index in [9.17, 15) is 19.2 Å². The molecule has 2 aromatic carbocycles. The highest BCUT2D eigenvalue weighted by Gasteiger charge is 2.14. The maximum atomic E-state index is 11.3. The second-order valence-corrected chi connectivity index (χ2v) is 5.01. The Morgan fingerprint density at radius 3 is 1.19 bits per heavy atom. The van der Waals surface area contributed by atoms with E-state index in [1.807, 2.05) is 0 Å². The molecule has 0 aliphatic carbocycles. The maximum absolute atomic E-state index is 11.3. The summed E-state index contributed by atoms with van der Waals surface area (Å²) >= 11 is 0. The number of carbonyl (C=O) groups excluding carboxylic acids is 2. The smallest absolute Gasteiger partial charge is 0.377 e. The van der Waals surface area contributed by atoms with Gasteiger partial charge in [-0.05, 0) is 48.5 Å². The number of ether oxygens (including phenoxy) is 2. The lowest BCUT2D eigenvalue weighted by atomic mass is 10.1. The molecule has 0 saturated carbocycles. The summed E-state index contributed by atoms with van der Waals surface area (Å²) in [6.45, 7) is 0.365. The van der Waals surface area contributed by atoms with Crippen molar-refractivity contribution in [3.05, 3.63) is 59.7 Å². The van der Waals surface area contributed by atoms with E-state index < -0.39 is 23.5 Å². The summed E-state index contributed by atoms with van der Waals surface area (Å²) < 4.78 is 10.8. The van der Waals surface area contributed by atoms with E-state index in [1.165, 1.54) is 48.5 Å². The van der Waals surface area contributed by atoms with Crippen molar-refractivity contribution in [1.82, 2.24) is 0 Å². The van der Waals surface area contributed by atoms with Gasteiger partial charge in [-0.3, -0.25) is 9.59 Å². The van der Waals surface area contributed by atoms with Gasteiger partial charge >= 0.3 is 11.9 Å². The van der Waals surface area contributed by atoms with Crippen LogP contribution in [0.15, 0.2) is 48.5 Å². The van der Waals surface area contributed by atoms with Gasteiger partial charge in [0, 0.05) is 11.1 Å². The molecule has 26 heavy (non-hydrogen) atoms. The van der Waals surface area contributed by atoms with E-state index in [0.717, 1.165) is 0 Å². The Morgan fingerprint density at radius 2 is 0.923 bits per heavy atom. The summed E-state index contributed by atoms with van der Waals surface area (Å²) in [6.07, 6.45) is 0. The lowest BCUT2D eigenvalue weighted by Gasteiger charge is -2.09. The molecular weight excluding hydrogens is 344 g/mol. The third-order valence-corrected chi connectivity index (χ3v) is 3.24. The van der Waals surface area contributed by atoms with Crippen LogP contribution >= 0.6 is 0 Å². The lowest BCUT2D eigenvalue weighted by molar-refractivity contribution is -0.132. The van der Waals surface area contributed by atoms with Crippen molar-refractivity contribution < 1.29 is 38.9 Å². The van der Waals surface area contributed by atoms with Crippen molar-refractivity contribution in [1.29, 1.82) is 0 Å². The fourth-order valence-corrected chi connectivity index (χ4v) is 1.97. The molecule has 2 aromatic rings. The molecule has 0 aliphatic rings. The molecule has 8 nitrogen and oxygen atoms in total. The number of carbonyl (C=O) groups is 4. The Morgan fingerprint density at radius 1 is 0.615 bits per heavy atom. The Hall–Kier alpha value is -3.68. The van der Waals surface area contributed by atoms with Crippen molar-refractivity contribution in [2.75, 3.05) is 13.2 Å². The van der Waals surface area contributed by atoms with Gasteiger partial charge in [0.1, 0.15) is 24.7 Å². The van der Waals surface area contributed by atoms with Crippen LogP contribution in [0.2, 0.25) is 0 Å². The molecule has 0 fully saturated rings. The molecule has 8 heteroatoms. The molecule has 0 bridgehead atoms. The van der Waals surface area contributed by atoms with Crippen LogP contribution in [0.3, 0.4) is 0 Å². The van der Waals surface area contributed by atoms with Crippen molar-refractivity contribution in [2.45, 2.75) is 0 Å². The topological polar surface area (TPSA) is 127 Å². The fraction of sp³-hybridized carbons (Fsp3) is 0.111. The van der Waals surface area contributed by atoms with Gasteiger partial charge in [0.05, 0.1) is 0 Å². The van der Waals surface area contributed by atoms with E-state index >= 15 is 0 Å². The number of carboxylic acid groups (broad SMARTS) is 2. The zero-order valence-corrected chi connectivity index (χ0v) is 13.4. The number of carboxylic acids is 2. The molecular formula is C18H14O8. The summed E-state index contributed by atoms with van der Waals surface area (Å²) in [6, 6.07) is 11.3. The second kappa shape index (κ2) is 8.43. The van der Waals surface area contributed by atoms with Gasteiger partial charge in [0.15, 0.2) is 0 Å². The Kier molecular flexibility index (Phi) is 6.05. The molecule has 0 saturated heterocycles. The van der Waals surface area contributed by atoms with E-state index in [2.05, 4.69) is 0 Å². The standard InChI is InChI=1S/C18H14O8/c19-15(17(21)22)11-1-5-13(6-2-11)25-9-10-26-14-7-3-12(4-8-14)16(20)18(23)24/h1-8H,9-10H2,(H,21,22)(H,23,24). The van der Waals surface area contributed by atoms with Gasteiger partial charge < -0.3 is 19.7 Å². The summed E-state index contributed by atoms with van der Waals surface area (Å²) in [5.74, 6) is -4.16. The van der Waals surface area contributed by atoms with Crippen molar-refractivity contribution in [3.8, 4) is 11.5 Å². The summed E-state index contributed by atoms with van der Waals surface area (Å²) in [7, 11) is 0. The van der Waals surface area contributed by atoms with Crippen LogP contribution in [-0.2, 0) is 9.59 Å². The van der Waals surface area contributed by atoms with Crippen LogP contribution in [0.1, 0.15) is 20.7 Å². The number of Topliss-reactive ketones (excluding diaryl/α,β-unsaturated/α-hetero) is 2. The lowest BCUT2D eigenvalue weighted by Crippen LogP contribution is -2.13. The summed E-state index contributed by atoms with van der Waals surface area (Å²) in [5.41, 5.74) is 0.106. The number of hydrogen-bond donors (Lipinski definition) is 2. The SMILES string of the molecule is O=C(O)C(=O)c1ccc(OCCOc2ccc(C(=O)C(=O)O)cc2)cc1. The minimum absolute atomic E-state index is 0.0529. The predicted octanol–water partition coefficient (Wildman–Crippen LogP) is 1.68. The Bertz CT molecular complexity index is 750. The minimum atomic E-state index is -1.52. The maximum Gasteiger partial charge on any atom is 0.377 e. The first kappa shape index (κ1) is 18.7. The molecule has 2 rings (SSSR count). The quantitative estimate of drug-likeness (QED) is 0.394. The normalized spacial score (nSPS) is 10.0. The number of ketones is 2. The van der Waals surface area contributed by atoms with Gasteiger partial charge in [0.2, 0.25) is 0 Å². The van der Waals surface area contributed by atoms with Gasteiger partial charge in [0.25, 0.3) is 11.6 Å². The third kappa shape index (κ3) is 4.91. The number of benzene rings is 2. The molecule has 0 amide bonds. The molecule has 0 aromatic heterocycles. The molecule has 0 atom stereocenters. The fourth-order valence-electron chi connectivity index (χ4n) is 1.97. The van der Waals surface area contributed by atoms with Crippen molar-refractivity contribution in [2.24, 2.45) is 0 Å². The first-order chi connectivity index (χ1) is 12.4. The van der Waals surface area contributed by atoms with Crippen molar-refractivity contribution >= 4 is 23.5 Å². The van der Waals surface area contributed by atoms with Gasteiger partial charge in [-0.2, -0.15) is 0 Å². The zero-order chi connectivity index (χ0) is 19.1. The van der Waals surface area contributed by atoms with Crippen molar-refractivity contribution in [3.63, 3.8) is 0 Å². The highest BCUT2D eigenvalue weighted by atomic mass is 16.5. The predicted molar refractivity (Wildman–Crippen MR) is 87.8 cm³/mol. The second-order valence-electron chi connectivity index (χ2n) is 5.01. The molecule has 0 radical (unpaired) electrons. The number of rotatable bonds is 9. The molecule has 2 N–H and O–H groups in total. The monoisotopic (exact) mass is 358 g/mol. The largest absolute Gasteiger partial charge is 0.490 e. The number of aliphatic carboxylic acids is 2. The summed E-state index contributed by atoms with van der Waals surface area (Å²) in [5, 5.41) is 17.2. The molecule has 0 aliphatic heterocycles. The van der Waals surface area contributed by atoms with E-state index in [1.54, 1.807) is 0 Å². The molecule has 0 unspecified atom stereocenters. The zero-order valence-electron chi connectivity index (χ0n) is 13.4. The van der Waals surface area contributed by atoms with E-state index in [0.29, 0.717) is 11.5 Å². The molecule has 0 spiro atoms. The minimum Gasteiger partial charge on any atom is -0.490 e. The first-order valence-corrected chi connectivity index (χ1v) is 7.39. The third-order valence-electron chi connectivity index (χ3n) is 3.24. The van der Waals surface area contributed by atoms with Crippen LogP contribution in [0.5, 0.6) is 11.5 Å². The van der Waals surface area contributed by atoms with Crippen LogP contribution < -0.4 is 9.47 Å². The Balaban J connectivity index is 1.80. The van der Waals surface area contributed by atoms with Gasteiger partial charge in [-0.15, -0.1) is 0 Å². The highest BCUT2D eigenvalue weighted by molar-refractivity contribution is 6.40. The Labute approximate surface area is 147 Å². The first-order valence-electron chi connectivity index (χ1n) is 7.39. The van der Waals surface area contributed by atoms with Crippen LogP contribution in [0, 0.1) is 0 Å². The summed E-state index contributed by atoms with van der Waals surface area (Å²) in [4.78, 5) is 43.7. The average Bonchev–Trinajstić information content (AvgIpc) is 2.65. The van der Waals surface area contributed by atoms with Gasteiger partial charge in [-0.1, -0.05) is 0 Å². The molecule has 0 heterocycles. The molecule has 134 valence electrons. The van der Waals surface area contributed by atoms with Crippen LogP contribution in [-0.4, -0.2) is 46.9 Å². The van der Waals surface area contributed by atoms with Crippen LogP contribution in [0.25, 0.3) is 0 Å².